The highest BCUT2D eigenvalue weighted by Gasteiger charge is 2.22. The highest BCUT2D eigenvalue weighted by molar-refractivity contribution is 5.78. The van der Waals surface area contributed by atoms with Crippen LogP contribution in [0.2, 0.25) is 0 Å². The van der Waals surface area contributed by atoms with Crippen LogP contribution in [0.15, 0.2) is 18.3 Å². The third-order valence-corrected chi connectivity index (χ3v) is 3.55. The third kappa shape index (κ3) is 3.92. The number of nitrogens with zero attached hydrogens (tertiary/aromatic N) is 2. The second-order valence-electron chi connectivity index (χ2n) is 5.04. The van der Waals surface area contributed by atoms with Crippen molar-refractivity contribution in [3.8, 4) is 0 Å². The van der Waals surface area contributed by atoms with Gasteiger partial charge in [-0.25, -0.2) is 0 Å². The highest BCUT2D eigenvalue weighted by Crippen LogP contribution is 2.18. The summed E-state index contributed by atoms with van der Waals surface area (Å²) in [6.07, 6.45) is 3.99. The molecule has 0 saturated carbocycles. The van der Waals surface area contributed by atoms with Gasteiger partial charge in [-0.2, -0.15) is 0 Å². The molecule has 0 spiro atoms. The molecule has 1 amide bonds. The molecule has 0 atom stereocenters. The van der Waals surface area contributed by atoms with Crippen molar-refractivity contribution in [3.05, 3.63) is 24.0 Å². The molecule has 0 aromatic carbocycles. The molecule has 1 fully saturated rings. The van der Waals surface area contributed by atoms with E-state index in [1.165, 1.54) is 0 Å². The smallest absolute Gasteiger partial charge is 0.228 e. The number of amides is 1. The number of rotatable bonds is 4. The molecule has 2 N–H and O–H groups in total. The number of anilines is 1. The van der Waals surface area contributed by atoms with Crippen molar-refractivity contribution in [1.29, 1.82) is 0 Å². The topological polar surface area (TPSA) is 68.5 Å². The molecule has 104 valence electrons. The van der Waals surface area contributed by atoms with Crippen molar-refractivity contribution in [2.24, 2.45) is 5.92 Å². The fraction of sp³-hybridized carbons (Fsp3) is 0.571. The predicted molar refractivity (Wildman–Crippen MR) is 73.5 cm³/mol. The zero-order valence-electron chi connectivity index (χ0n) is 11.3. The summed E-state index contributed by atoms with van der Waals surface area (Å²) in [6, 6.07) is 3.59. The number of piperidine rings is 1. The average molecular weight is 263 g/mol. The number of likely N-dealkylation sites (tertiary alicyclic amines) is 1. The summed E-state index contributed by atoms with van der Waals surface area (Å²) in [5.41, 5.74) is 6.97. The molecular formula is C14H21N3O2. The lowest BCUT2D eigenvalue weighted by molar-refractivity contribution is -0.132. The quantitative estimate of drug-likeness (QED) is 0.883. The number of pyridine rings is 1. The van der Waals surface area contributed by atoms with Crippen LogP contribution in [0.1, 0.15) is 18.5 Å². The summed E-state index contributed by atoms with van der Waals surface area (Å²) in [6.45, 7) is 2.44. The van der Waals surface area contributed by atoms with Gasteiger partial charge in [0.25, 0.3) is 0 Å². The van der Waals surface area contributed by atoms with E-state index in [0.717, 1.165) is 38.2 Å². The van der Waals surface area contributed by atoms with Crippen LogP contribution in [-0.2, 0) is 16.0 Å². The number of nitrogens with two attached hydrogens (primary N) is 1. The lowest BCUT2D eigenvalue weighted by Crippen LogP contribution is -2.40. The Balaban J connectivity index is 1.83. The van der Waals surface area contributed by atoms with Gasteiger partial charge in [-0.3, -0.25) is 9.78 Å². The summed E-state index contributed by atoms with van der Waals surface area (Å²) in [7, 11) is 1.73. The Bertz CT molecular complexity index is 411. The maximum atomic E-state index is 12.1. The second kappa shape index (κ2) is 6.52. The minimum atomic E-state index is 0.146. The van der Waals surface area contributed by atoms with E-state index in [1.807, 2.05) is 11.0 Å². The summed E-state index contributed by atoms with van der Waals surface area (Å²) in [5, 5.41) is 0. The van der Waals surface area contributed by atoms with Gasteiger partial charge in [-0.15, -0.1) is 0 Å². The largest absolute Gasteiger partial charge is 0.397 e. The first kappa shape index (κ1) is 13.8. The molecule has 19 heavy (non-hydrogen) atoms. The first-order valence-electron chi connectivity index (χ1n) is 6.66. The summed E-state index contributed by atoms with van der Waals surface area (Å²) in [4.78, 5) is 18.2. The molecule has 0 bridgehead atoms. The van der Waals surface area contributed by atoms with Crippen LogP contribution in [0.3, 0.4) is 0 Å². The van der Waals surface area contributed by atoms with E-state index in [9.17, 15) is 4.79 Å². The minimum absolute atomic E-state index is 0.146. The average Bonchev–Trinajstić information content (AvgIpc) is 2.42. The van der Waals surface area contributed by atoms with E-state index in [4.69, 9.17) is 10.5 Å². The number of carbonyl (C=O) groups is 1. The maximum Gasteiger partial charge on any atom is 0.228 e. The molecule has 1 aliphatic rings. The second-order valence-corrected chi connectivity index (χ2v) is 5.04. The van der Waals surface area contributed by atoms with E-state index in [-0.39, 0.29) is 5.91 Å². The Labute approximate surface area is 113 Å². The summed E-state index contributed by atoms with van der Waals surface area (Å²) >= 11 is 0. The number of hydrogen-bond acceptors (Lipinski definition) is 4. The Morgan fingerprint density at radius 3 is 2.79 bits per heavy atom. The summed E-state index contributed by atoms with van der Waals surface area (Å²) < 4.78 is 5.16. The monoisotopic (exact) mass is 263 g/mol. The Hall–Kier alpha value is -1.62. The molecule has 2 rings (SSSR count). The molecule has 2 heterocycles. The van der Waals surface area contributed by atoms with Crippen molar-refractivity contribution in [2.75, 3.05) is 32.5 Å². The van der Waals surface area contributed by atoms with Gasteiger partial charge < -0.3 is 15.4 Å². The molecule has 5 heteroatoms. The van der Waals surface area contributed by atoms with Gasteiger partial charge in [-0.05, 0) is 30.9 Å². The molecule has 1 aromatic heterocycles. The molecule has 1 aliphatic heterocycles. The van der Waals surface area contributed by atoms with Gasteiger partial charge >= 0.3 is 0 Å². The third-order valence-electron chi connectivity index (χ3n) is 3.55. The summed E-state index contributed by atoms with van der Waals surface area (Å²) in [5.74, 6) is 0.733. The number of aromatic nitrogens is 1. The number of nitrogen functional groups attached to an aromatic ring is 1. The van der Waals surface area contributed by atoms with Crippen LogP contribution in [0.25, 0.3) is 0 Å². The van der Waals surface area contributed by atoms with E-state index in [1.54, 1.807) is 19.4 Å². The number of methoxy groups -OCH3 is 1. The fourth-order valence-corrected chi connectivity index (χ4v) is 2.39. The van der Waals surface area contributed by atoms with Crippen LogP contribution in [0.4, 0.5) is 5.69 Å². The van der Waals surface area contributed by atoms with Crippen LogP contribution < -0.4 is 5.73 Å². The lowest BCUT2D eigenvalue weighted by Gasteiger charge is -2.31. The molecule has 5 nitrogen and oxygen atoms in total. The van der Waals surface area contributed by atoms with Crippen LogP contribution in [0.5, 0.6) is 0 Å². The molecule has 1 saturated heterocycles. The lowest BCUT2D eigenvalue weighted by atomic mass is 9.97. The number of carbonyl (C=O) groups excluding carboxylic acids is 1. The van der Waals surface area contributed by atoms with Crippen molar-refractivity contribution in [2.45, 2.75) is 19.3 Å². The molecule has 0 aliphatic carbocycles. The van der Waals surface area contributed by atoms with Crippen molar-refractivity contribution >= 4 is 11.6 Å². The maximum absolute atomic E-state index is 12.1. The van der Waals surface area contributed by atoms with Crippen LogP contribution in [-0.4, -0.2) is 42.6 Å². The Morgan fingerprint density at radius 2 is 2.21 bits per heavy atom. The van der Waals surface area contributed by atoms with Crippen molar-refractivity contribution in [1.82, 2.24) is 9.88 Å². The Kier molecular flexibility index (Phi) is 4.74. The zero-order chi connectivity index (χ0) is 13.7. The van der Waals surface area contributed by atoms with Crippen LogP contribution >= 0.6 is 0 Å². The van der Waals surface area contributed by atoms with Crippen LogP contribution in [0, 0.1) is 5.92 Å². The van der Waals surface area contributed by atoms with Crippen molar-refractivity contribution in [3.63, 3.8) is 0 Å². The van der Waals surface area contributed by atoms with E-state index in [2.05, 4.69) is 4.98 Å². The fourth-order valence-electron chi connectivity index (χ4n) is 2.39. The van der Waals surface area contributed by atoms with E-state index >= 15 is 0 Å². The molecule has 0 unspecified atom stereocenters. The van der Waals surface area contributed by atoms with E-state index < -0.39 is 0 Å². The number of ether oxygens (including phenoxy) is 1. The first-order chi connectivity index (χ1) is 9.19. The molecule has 0 radical (unpaired) electrons. The first-order valence-corrected chi connectivity index (χ1v) is 6.66. The van der Waals surface area contributed by atoms with Gasteiger partial charge in [0.2, 0.25) is 5.91 Å². The highest BCUT2D eigenvalue weighted by atomic mass is 16.5. The normalized spacial score (nSPS) is 16.6. The Morgan fingerprint density at radius 1 is 1.47 bits per heavy atom. The predicted octanol–water partition coefficient (Wildman–Crippen LogP) is 1.09. The minimum Gasteiger partial charge on any atom is -0.397 e. The standard InChI is InChI=1S/C14H21N3O2/c1-19-10-11-4-6-17(7-5-11)14(18)8-13-3-2-12(15)9-16-13/h2-3,9,11H,4-8,10,15H2,1H3. The van der Waals surface area contributed by atoms with Crippen molar-refractivity contribution < 1.29 is 9.53 Å². The van der Waals surface area contributed by atoms with Gasteiger partial charge in [0.05, 0.1) is 18.3 Å². The zero-order valence-corrected chi connectivity index (χ0v) is 11.3. The van der Waals surface area contributed by atoms with Gasteiger partial charge in [0, 0.05) is 32.5 Å². The molecular weight excluding hydrogens is 242 g/mol. The van der Waals surface area contributed by atoms with Gasteiger partial charge in [-0.1, -0.05) is 0 Å². The SMILES string of the molecule is COCC1CCN(C(=O)Cc2ccc(N)cn2)CC1. The number of hydrogen-bond donors (Lipinski definition) is 1. The molecule has 1 aromatic rings. The van der Waals surface area contributed by atoms with Gasteiger partial charge in [0.1, 0.15) is 0 Å². The van der Waals surface area contributed by atoms with Gasteiger partial charge in [0.15, 0.2) is 0 Å². The van der Waals surface area contributed by atoms with E-state index in [0.29, 0.717) is 18.0 Å².